The molecule has 0 aromatic carbocycles. The quantitative estimate of drug-likeness (QED) is 0.725. The number of carbonyl (C=O) groups is 1. The molecule has 0 spiro atoms. The van der Waals surface area contributed by atoms with Gasteiger partial charge in [0.1, 0.15) is 0 Å². The van der Waals surface area contributed by atoms with Crippen LogP contribution in [0.4, 0.5) is 0 Å². The molecule has 1 saturated heterocycles. The van der Waals surface area contributed by atoms with Crippen molar-refractivity contribution in [3.05, 3.63) is 45.9 Å². The van der Waals surface area contributed by atoms with E-state index in [1.54, 1.807) is 17.5 Å². The SMILES string of the molecule is Cc1noc2ncc(C(=O)N3CCC[C@@H]3c3ccsc3)cc12. The third-order valence-corrected chi connectivity index (χ3v) is 4.90. The van der Waals surface area contributed by atoms with Crippen molar-refractivity contribution >= 4 is 28.3 Å². The highest BCUT2D eigenvalue weighted by Crippen LogP contribution is 2.34. The molecule has 0 N–H and O–H groups in total. The number of likely N-dealkylation sites (tertiary alicyclic amines) is 1. The fourth-order valence-electron chi connectivity index (χ4n) is 3.05. The second-order valence-corrected chi connectivity index (χ2v) is 6.34. The summed E-state index contributed by atoms with van der Waals surface area (Å²) in [4.78, 5) is 19.0. The van der Waals surface area contributed by atoms with Crippen LogP contribution in [0.5, 0.6) is 0 Å². The molecule has 1 fully saturated rings. The van der Waals surface area contributed by atoms with Crippen LogP contribution in [0.3, 0.4) is 0 Å². The highest BCUT2D eigenvalue weighted by molar-refractivity contribution is 7.08. The molecule has 1 aliphatic rings. The van der Waals surface area contributed by atoms with Crippen LogP contribution in [0.15, 0.2) is 33.6 Å². The van der Waals surface area contributed by atoms with Crippen molar-refractivity contribution in [1.82, 2.24) is 15.0 Å². The number of aryl methyl sites for hydroxylation is 1. The van der Waals surface area contributed by atoms with Gasteiger partial charge in [0.05, 0.1) is 22.7 Å². The van der Waals surface area contributed by atoms with E-state index >= 15 is 0 Å². The van der Waals surface area contributed by atoms with E-state index in [0.29, 0.717) is 11.3 Å². The van der Waals surface area contributed by atoms with E-state index in [9.17, 15) is 4.79 Å². The van der Waals surface area contributed by atoms with E-state index in [1.807, 2.05) is 17.9 Å². The number of hydrogen-bond donors (Lipinski definition) is 0. The van der Waals surface area contributed by atoms with E-state index in [1.165, 1.54) is 5.56 Å². The van der Waals surface area contributed by atoms with Gasteiger partial charge in [0.25, 0.3) is 11.6 Å². The van der Waals surface area contributed by atoms with Crippen LogP contribution in [-0.2, 0) is 0 Å². The first-order valence-corrected chi connectivity index (χ1v) is 8.23. The molecular formula is C16H15N3O2S. The number of rotatable bonds is 2. The van der Waals surface area contributed by atoms with Gasteiger partial charge in [-0.1, -0.05) is 5.16 Å². The van der Waals surface area contributed by atoms with Gasteiger partial charge in [0, 0.05) is 12.7 Å². The Balaban J connectivity index is 1.68. The Hall–Kier alpha value is -2.21. The zero-order valence-corrected chi connectivity index (χ0v) is 13.0. The summed E-state index contributed by atoms with van der Waals surface area (Å²) in [6.07, 6.45) is 3.64. The maximum absolute atomic E-state index is 12.9. The Bertz CT molecular complexity index is 825. The summed E-state index contributed by atoms with van der Waals surface area (Å²) in [5.74, 6) is 0.0312. The van der Waals surface area contributed by atoms with Crippen LogP contribution >= 0.6 is 11.3 Å². The van der Waals surface area contributed by atoms with Crippen molar-refractivity contribution in [1.29, 1.82) is 0 Å². The third kappa shape index (κ3) is 2.11. The Morgan fingerprint density at radius 1 is 1.50 bits per heavy atom. The standard InChI is InChI=1S/C16H15N3O2S/c1-10-13-7-12(8-17-15(13)21-18-10)16(20)19-5-2-3-14(19)11-4-6-22-9-11/h4,6-9,14H,2-3,5H2,1H3/t14-/m1/s1. The molecule has 22 heavy (non-hydrogen) atoms. The van der Waals surface area contributed by atoms with Crippen molar-refractivity contribution < 1.29 is 9.32 Å². The zero-order valence-electron chi connectivity index (χ0n) is 12.2. The van der Waals surface area contributed by atoms with E-state index < -0.39 is 0 Å². The monoisotopic (exact) mass is 313 g/mol. The molecule has 4 rings (SSSR count). The average Bonchev–Trinajstić information content (AvgIpc) is 3.26. The molecule has 1 amide bonds. The Kier molecular flexibility index (Phi) is 3.18. The van der Waals surface area contributed by atoms with E-state index in [-0.39, 0.29) is 11.9 Å². The maximum atomic E-state index is 12.9. The average molecular weight is 313 g/mol. The summed E-state index contributed by atoms with van der Waals surface area (Å²) >= 11 is 1.67. The maximum Gasteiger partial charge on any atom is 0.257 e. The summed E-state index contributed by atoms with van der Waals surface area (Å²) in [6, 6.07) is 4.12. The zero-order chi connectivity index (χ0) is 15.1. The van der Waals surface area contributed by atoms with Crippen LogP contribution in [0.25, 0.3) is 11.1 Å². The second kappa shape index (κ2) is 5.21. The fourth-order valence-corrected chi connectivity index (χ4v) is 3.76. The summed E-state index contributed by atoms with van der Waals surface area (Å²) in [7, 11) is 0. The van der Waals surface area contributed by atoms with Gasteiger partial charge in [-0.3, -0.25) is 4.79 Å². The molecule has 112 valence electrons. The van der Waals surface area contributed by atoms with Gasteiger partial charge in [-0.15, -0.1) is 0 Å². The lowest BCUT2D eigenvalue weighted by Gasteiger charge is -2.24. The first-order valence-electron chi connectivity index (χ1n) is 7.29. The number of thiophene rings is 1. The van der Waals surface area contributed by atoms with Crippen LogP contribution in [0, 0.1) is 6.92 Å². The molecule has 6 heteroatoms. The molecule has 3 aromatic rings. The molecular weight excluding hydrogens is 298 g/mol. The Morgan fingerprint density at radius 2 is 2.41 bits per heavy atom. The molecule has 0 bridgehead atoms. The van der Waals surface area contributed by atoms with Crippen molar-refractivity contribution in [3.63, 3.8) is 0 Å². The molecule has 4 heterocycles. The predicted molar refractivity (Wildman–Crippen MR) is 83.9 cm³/mol. The van der Waals surface area contributed by atoms with Gasteiger partial charge >= 0.3 is 0 Å². The molecule has 0 radical (unpaired) electrons. The number of hydrogen-bond acceptors (Lipinski definition) is 5. The lowest BCUT2D eigenvalue weighted by molar-refractivity contribution is 0.0735. The molecule has 3 aromatic heterocycles. The van der Waals surface area contributed by atoms with Crippen molar-refractivity contribution in [2.24, 2.45) is 0 Å². The Morgan fingerprint density at radius 3 is 3.23 bits per heavy atom. The largest absolute Gasteiger partial charge is 0.336 e. The number of aromatic nitrogens is 2. The van der Waals surface area contributed by atoms with Gasteiger partial charge in [0.2, 0.25) is 0 Å². The van der Waals surface area contributed by atoms with Gasteiger partial charge in [-0.25, -0.2) is 4.98 Å². The summed E-state index contributed by atoms with van der Waals surface area (Å²) < 4.78 is 5.10. The molecule has 0 unspecified atom stereocenters. The van der Waals surface area contributed by atoms with E-state index in [4.69, 9.17) is 4.52 Å². The first-order chi connectivity index (χ1) is 10.7. The number of nitrogens with zero attached hydrogens (tertiary/aromatic N) is 3. The van der Waals surface area contributed by atoms with Gasteiger partial charge < -0.3 is 9.42 Å². The highest BCUT2D eigenvalue weighted by atomic mass is 32.1. The minimum Gasteiger partial charge on any atom is -0.336 e. The van der Waals surface area contributed by atoms with Gasteiger partial charge in [-0.05, 0) is 48.2 Å². The lowest BCUT2D eigenvalue weighted by atomic mass is 10.1. The topological polar surface area (TPSA) is 59.2 Å². The van der Waals surface area contributed by atoms with Crippen molar-refractivity contribution in [2.75, 3.05) is 6.54 Å². The number of carbonyl (C=O) groups excluding carboxylic acids is 1. The normalized spacial score (nSPS) is 18.2. The van der Waals surface area contributed by atoms with Gasteiger partial charge in [0.15, 0.2) is 0 Å². The summed E-state index contributed by atoms with van der Waals surface area (Å²) in [5, 5.41) is 8.88. The summed E-state index contributed by atoms with van der Waals surface area (Å²) in [5.41, 5.74) is 3.06. The number of amides is 1. The van der Waals surface area contributed by atoms with Crippen LogP contribution in [-0.4, -0.2) is 27.5 Å². The predicted octanol–water partition coefficient (Wildman–Crippen LogP) is 3.57. The molecule has 0 aliphatic carbocycles. The second-order valence-electron chi connectivity index (χ2n) is 5.56. The molecule has 5 nitrogen and oxygen atoms in total. The molecule has 1 aliphatic heterocycles. The van der Waals surface area contributed by atoms with Crippen LogP contribution < -0.4 is 0 Å². The number of fused-ring (bicyclic) bond motifs is 1. The number of pyridine rings is 1. The lowest BCUT2D eigenvalue weighted by Crippen LogP contribution is -2.30. The minimum absolute atomic E-state index is 0.0312. The molecule has 0 saturated carbocycles. The third-order valence-electron chi connectivity index (χ3n) is 4.20. The van der Waals surface area contributed by atoms with Crippen molar-refractivity contribution in [3.8, 4) is 0 Å². The van der Waals surface area contributed by atoms with Crippen molar-refractivity contribution in [2.45, 2.75) is 25.8 Å². The Labute approximate surface area is 131 Å². The fraction of sp³-hybridized carbons (Fsp3) is 0.312. The van der Waals surface area contributed by atoms with Crippen LogP contribution in [0.2, 0.25) is 0 Å². The highest BCUT2D eigenvalue weighted by Gasteiger charge is 2.31. The minimum atomic E-state index is 0.0312. The van der Waals surface area contributed by atoms with E-state index in [0.717, 1.165) is 30.5 Å². The summed E-state index contributed by atoms with van der Waals surface area (Å²) in [6.45, 7) is 2.64. The van der Waals surface area contributed by atoms with Gasteiger partial charge in [-0.2, -0.15) is 11.3 Å². The first kappa shape index (κ1) is 13.5. The van der Waals surface area contributed by atoms with E-state index in [2.05, 4.69) is 27.0 Å². The molecule has 1 atom stereocenters. The van der Waals surface area contributed by atoms with Crippen LogP contribution in [0.1, 0.15) is 40.5 Å². The smallest absolute Gasteiger partial charge is 0.257 e.